The average Bonchev–Trinajstić information content (AvgIpc) is 2.89. The molecule has 0 radical (unpaired) electrons. The monoisotopic (exact) mass is 366 g/mol. The fraction of sp³-hybridized carbons (Fsp3) is 0.238. The topological polar surface area (TPSA) is 41.6 Å². The smallest absolute Gasteiger partial charge is 0.281 e. The Morgan fingerprint density at radius 2 is 1.85 bits per heavy atom. The number of nitrogens with zero attached hydrogens (tertiary/aromatic N) is 1. The highest BCUT2D eigenvalue weighted by Crippen LogP contribution is 2.26. The van der Waals surface area contributed by atoms with E-state index in [9.17, 15) is 4.79 Å². The molecular weight excluding hydrogens is 344 g/mol. The van der Waals surface area contributed by atoms with Crippen LogP contribution in [0.3, 0.4) is 0 Å². The molecule has 0 aromatic heterocycles. The van der Waals surface area contributed by atoms with Crippen molar-refractivity contribution in [3.63, 3.8) is 0 Å². The molecule has 0 unspecified atom stereocenters. The molecule has 26 heavy (non-hydrogen) atoms. The lowest BCUT2D eigenvalue weighted by Gasteiger charge is -2.17. The van der Waals surface area contributed by atoms with Crippen LogP contribution in [0.25, 0.3) is 6.08 Å². The highest BCUT2D eigenvalue weighted by Gasteiger charge is 2.32. The summed E-state index contributed by atoms with van der Waals surface area (Å²) in [6.45, 7) is 6.04. The maximum atomic E-state index is 12.9. The van der Waals surface area contributed by atoms with Crippen molar-refractivity contribution in [2.45, 2.75) is 33.3 Å². The Morgan fingerprint density at radius 3 is 2.50 bits per heavy atom. The predicted molar refractivity (Wildman–Crippen MR) is 109 cm³/mol. The van der Waals surface area contributed by atoms with Crippen molar-refractivity contribution in [1.29, 1.82) is 0 Å². The second-order valence-corrected chi connectivity index (χ2v) is 6.73. The first-order valence-electron chi connectivity index (χ1n) is 8.71. The molecule has 1 N–H and O–H groups in total. The van der Waals surface area contributed by atoms with Gasteiger partial charge >= 0.3 is 0 Å². The van der Waals surface area contributed by atoms with Crippen molar-refractivity contribution in [2.24, 2.45) is 0 Å². The predicted octanol–water partition coefficient (Wildman–Crippen LogP) is 4.30. The van der Waals surface area contributed by atoms with Crippen LogP contribution in [0.4, 0.5) is 5.69 Å². The lowest BCUT2D eigenvalue weighted by Crippen LogP contribution is -2.31. The highest BCUT2D eigenvalue weighted by molar-refractivity contribution is 7.80. The van der Waals surface area contributed by atoms with Crippen molar-refractivity contribution >= 4 is 35.0 Å². The zero-order chi connectivity index (χ0) is 18.7. The van der Waals surface area contributed by atoms with Gasteiger partial charge in [0.05, 0.1) is 11.8 Å². The van der Waals surface area contributed by atoms with E-state index in [-0.39, 0.29) is 12.0 Å². The van der Waals surface area contributed by atoms with Gasteiger partial charge in [-0.25, -0.2) is 0 Å². The molecule has 4 nitrogen and oxygen atoms in total. The molecule has 0 aliphatic carbocycles. The second kappa shape index (κ2) is 7.70. The minimum atomic E-state index is -0.140. The van der Waals surface area contributed by atoms with Crippen molar-refractivity contribution in [3.8, 4) is 5.75 Å². The molecule has 3 rings (SSSR count). The van der Waals surface area contributed by atoms with Gasteiger partial charge < -0.3 is 10.1 Å². The van der Waals surface area contributed by atoms with Crippen LogP contribution >= 0.6 is 12.2 Å². The van der Waals surface area contributed by atoms with E-state index >= 15 is 0 Å². The van der Waals surface area contributed by atoms with E-state index in [1.54, 1.807) is 4.90 Å². The number of para-hydroxylation sites is 1. The summed E-state index contributed by atoms with van der Waals surface area (Å²) >= 11 is 5.40. The standard InChI is InChI=1S/C21H22N2O2S/c1-4-16-7-5-6-8-19(16)23-20(24)18(22-21(23)26)13-15-9-11-17(12-10-15)25-14(2)3/h5-14H,4H2,1-3H3,(H,22,26)/b18-13+. The van der Waals surface area contributed by atoms with Gasteiger partial charge in [-0.2, -0.15) is 0 Å². The summed E-state index contributed by atoms with van der Waals surface area (Å²) in [5, 5.41) is 3.44. The van der Waals surface area contributed by atoms with Crippen molar-refractivity contribution in [3.05, 3.63) is 65.4 Å². The molecule has 134 valence electrons. The van der Waals surface area contributed by atoms with E-state index in [1.807, 2.05) is 68.5 Å². The Hall–Kier alpha value is -2.66. The molecule has 2 aromatic rings. The molecular formula is C21H22N2O2S. The maximum Gasteiger partial charge on any atom is 0.281 e. The van der Waals surface area contributed by atoms with Gasteiger partial charge in [0, 0.05) is 0 Å². The van der Waals surface area contributed by atoms with Crippen LogP contribution in [0.5, 0.6) is 5.75 Å². The zero-order valence-corrected chi connectivity index (χ0v) is 16.0. The molecule has 0 spiro atoms. The Morgan fingerprint density at radius 1 is 1.15 bits per heavy atom. The Bertz CT molecular complexity index is 857. The van der Waals surface area contributed by atoms with E-state index in [2.05, 4.69) is 12.2 Å². The van der Waals surface area contributed by atoms with Crippen LogP contribution in [0.1, 0.15) is 31.9 Å². The molecule has 1 heterocycles. The van der Waals surface area contributed by atoms with Crippen LogP contribution in [0.15, 0.2) is 54.2 Å². The average molecular weight is 366 g/mol. The number of carbonyl (C=O) groups excluding carboxylic acids is 1. The van der Waals surface area contributed by atoms with E-state index in [0.717, 1.165) is 29.0 Å². The normalized spacial score (nSPS) is 15.7. The number of rotatable bonds is 5. The fourth-order valence-corrected chi connectivity index (χ4v) is 3.15. The molecule has 1 aliphatic heterocycles. The Labute approximate surface area is 159 Å². The van der Waals surface area contributed by atoms with Crippen LogP contribution < -0.4 is 15.0 Å². The molecule has 1 fully saturated rings. The van der Waals surface area contributed by atoms with E-state index < -0.39 is 0 Å². The van der Waals surface area contributed by atoms with Gasteiger partial charge in [0.1, 0.15) is 11.4 Å². The summed E-state index contributed by atoms with van der Waals surface area (Å²) in [7, 11) is 0. The quantitative estimate of drug-likeness (QED) is 0.633. The first kappa shape index (κ1) is 18.1. The molecule has 5 heteroatoms. The molecule has 0 saturated carbocycles. The number of nitrogens with one attached hydrogen (secondary N) is 1. The summed E-state index contributed by atoms with van der Waals surface area (Å²) in [5.74, 6) is 0.667. The summed E-state index contributed by atoms with van der Waals surface area (Å²) in [6, 6.07) is 15.5. The molecule has 1 saturated heterocycles. The van der Waals surface area contributed by atoms with E-state index in [0.29, 0.717) is 10.8 Å². The molecule has 1 amide bonds. The second-order valence-electron chi connectivity index (χ2n) is 6.35. The molecule has 2 aromatic carbocycles. The fourth-order valence-electron chi connectivity index (χ4n) is 2.86. The van der Waals surface area contributed by atoms with Gasteiger partial charge in [0.2, 0.25) is 0 Å². The van der Waals surface area contributed by atoms with Crippen LogP contribution in [-0.4, -0.2) is 17.1 Å². The van der Waals surface area contributed by atoms with Gasteiger partial charge in [0.15, 0.2) is 5.11 Å². The van der Waals surface area contributed by atoms with Gasteiger partial charge in [-0.1, -0.05) is 37.3 Å². The first-order valence-corrected chi connectivity index (χ1v) is 9.12. The minimum absolute atomic E-state index is 0.127. The number of thiocarbonyl (C=S) groups is 1. The molecule has 1 aliphatic rings. The number of ether oxygens (including phenoxy) is 1. The van der Waals surface area contributed by atoms with Crippen molar-refractivity contribution in [1.82, 2.24) is 5.32 Å². The maximum absolute atomic E-state index is 12.9. The van der Waals surface area contributed by atoms with Gasteiger partial charge in [0.25, 0.3) is 5.91 Å². The van der Waals surface area contributed by atoms with E-state index in [4.69, 9.17) is 17.0 Å². The van der Waals surface area contributed by atoms with Crippen molar-refractivity contribution < 1.29 is 9.53 Å². The van der Waals surface area contributed by atoms with Gasteiger partial charge in [-0.3, -0.25) is 9.69 Å². The Kier molecular flexibility index (Phi) is 5.38. The van der Waals surface area contributed by atoms with Gasteiger partial charge in [-0.15, -0.1) is 0 Å². The number of anilines is 1. The summed E-state index contributed by atoms with van der Waals surface area (Å²) in [6.07, 6.45) is 2.77. The van der Waals surface area contributed by atoms with Crippen LogP contribution in [0, 0.1) is 0 Å². The third-order valence-corrected chi connectivity index (χ3v) is 4.34. The number of hydrogen-bond donors (Lipinski definition) is 1. The minimum Gasteiger partial charge on any atom is -0.491 e. The number of carbonyl (C=O) groups is 1. The summed E-state index contributed by atoms with van der Waals surface area (Å²) < 4.78 is 5.65. The number of amides is 1. The first-order chi connectivity index (χ1) is 12.5. The Balaban J connectivity index is 1.85. The van der Waals surface area contributed by atoms with Crippen LogP contribution in [-0.2, 0) is 11.2 Å². The van der Waals surface area contributed by atoms with E-state index in [1.165, 1.54) is 0 Å². The largest absolute Gasteiger partial charge is 0.491 e. The van der Waals surface area contributed by atoms with Gasteiger partial charge in [-0.05, 0) is 67.9 Å². The van der Waals surface area contributed by atoms with Crippen LogP contribution in [0.2, 0.25) is 0 Å². The summed E-state index contributed by atoms with van der Waals surface area (Å²) in [4.78, 5) is 14.4. The molecule has 0 atom stereocenters. The third kappa shape index (κ3) is 3.78. The molecule has 0 bridgehead atoms. The van der Waals surface area contributed by atoms with Crippen molar-refractivity contribution in [2.75, 3.05) is 4.90 Å². The SMILES string of the molecule is CCc1ccccc1N1C(=O)/C(=C\c2ccc(OC(C)C)cc2)NC1=S. The zero-order valence-electron chi connectivity index (χ0n) is 15.2. The number of benzene rings is 2. The number of aryl methyl sites for hydroxylation is 1. The lowest BCUT2D eigenvalue weighted by molar-refractivity contribution is -0.113. The highest BCUT2D eigenvalue weighted by atomic mass is 32.1. The lowest BCUT2D eigenvalue weighted by atomic mass is 10.1. The third-order valence-electron chi connectivity index (χ3n) is 4.05. The number of hydrogen-bond acceptors (Lipinski definition) is 3. The summed E-state index contributed by atoms with van der Waals surface area (Å²) in [5.41, 5.74) is 3.30.